The first-order valence-corrected chi connectivity index (χ1v) is 7.50. The van der Waals surface area contributed by atoms with Crippen molar-refractivity contribution in [3.05, 3.63) is 52.8 Å². The molecule has 7 heteroatoms. The lowest BCUT2D eigenvalue weighted by Gasteiger charge is -2.10. The Morgan fingerprint density at radius 1 is 1.20 bits per heavy atom. The van der Waals surface area contributed by atoms with Gasteiger partial charge in [-0.05, 0) is 48.9 Å². The van der Waals surface area contributed by atoms with Crippen LogP contribution in [0.3, 0.4) is 0 Å². The van der Waals surface area contributed by atoms with Crippen LogP contribution in [0.2, 0.25) is 5.02 Å². The summed E-state index contributed by atoms with van der Waals surface area (Å²) in [5.74, 6) is -0.672. The molecule has 0 amide bonds. The number of sulfonamides is 1. The van der Waals surface area contributed by atoms with Gasteiger partial charge < -0.3 is 5.73 Å². The first kappa shape index (κ1) is 14.6. The zero-order chi connectivity index (χ0) is 14.9. The monoisotopic (exact) mass is 314 g/mol. The lowest BCUT2D eigenvalue weighted by molar-refractivity contribution is 0.599. The molecule has 2 aromatic rings. The van der Waals surface area contributed by atoms with Gasteiger partial charge in [0.05, 0.1) is 9.92 Å². The molecule has 4 nitrogen and oxygen atoms in total. The van der Waals surface area contributed by atoms with E-state index in [9.17, 15) is 12.8 Å². The molecule has 106 valence electrons. The van der Waals surface area contributed by atoms with Crippen LogP contribution < -0.4 is 10.5 Å². The minimum atomic E-state index is -3.82. The molecule has 0 bridgehead atoms. The van der Waals surface area contributed by atoms with E-state index in [2.05, 4.69) is 4.72 Å². The standard InChI is InChI=1S/C13H12ClFN2O2S/c1-8-6-9(2-5-13(8)16)17-20(18,19)10-3-4-12(15)11(14)7-10/h2-7,17H,16H2,1H3. The van der Waals surface area contributed by atoms with Gasteiger partial charge in [0.25, 0.3) is 10.0 Å². The molecule has 0 aliphatic rings. The van der Waals surface area contributed by atoms with Crippen LogP contribution in [-0.4, -0.2) is 8.42 Å². The molecule has 0 fully saturated rings. The smallest absolute Gasteiger partial charge is 0.261 e. The highest BCUT2D eigenvalue weighted by Crippen LogP contribution is 2.23. The summed E-state index contributed by atoms with van der Waals surface area (Å²) < 4.78 is 39.7. The second kappa shape index (κ2) is 5.30. The van der Waals surface area contributed by atoms with Crippen LogP contribution in [0.5, 0.6) is 0 Å². The lowest BCUT2D eigenvalue weighted by Crippen LogP contribution is -2.13. The molecule has 0 unspecified atom stereocenters. The number of halogens is 2. The van der Waals surface area contributed by atoms with Gasteiger partial charge in [0.15, 0.2) is 0 Å². The molecule has 0 aliphatic carbocycles. The van der Waals surface area contributed by atoms with Crippen molar-refractivity contribution in [1.82, 2.24) is 0 Å². The highest BCUT2D eigenvalue weighted by atomic mass is 35.5. The number of rotatable bonds is 3. The third-order valence-electron chi connectivity index (χ3n) is 2.72. The number of nitrogen functional groups attached to an aromatic ring is 1. The summed E-state index contributed by atoms with van der Waals surface area (Å²) >= 11 is 5.59. The van der Waals surface area contributed by atoms with E-state index in [0.29, 0.717) is 11.4 Å². The molecule has 0 spiro atoms. The molecule has 0 saturated carbocycles. The fourth-order valence-corrected chi connectivity index (χ4v) is 2.92. The van der Waals surface area contributed by atoms with E-state index in [-0.39, 0.29) is 9.92 Å². The summed E-state index contributed by atoms with van der Waals surface area (Å²) in [5.41, 5.74) is 7.36. The van der Waals surface area contributed by atoms with Gasteiger partial charge in [-0.25, -0.2) is 12.8 Å². The molecule has 0 radical (unpaired) electrons. The van der Waals surface area contributed by atoms with Gasteiger partial charge in [-0.1, -0.05) is 11.6 Å². The molecule has 0 saturated heterocycles. The van der Waals surface area contributed by atoms with Crippen molar-refractivity contribution in [2.24, 2.45) is 0 Å². The van der Waals surface area contributed by atoms with Crippen molar-refractivity contribution in [2.75, 3.05) is 10.5 Å². The van der Waals surface area contributed by atoms with Gasteiger partial charge >= 0.3 is 0 Å². The van der Waals surface area contributed by atoms with Crippen molar-refractivity contribution in [3.8, 4) is 0 Å². The molecular weight excluding hydrogens is 303 g/mol. The number of nitrogens with two attached hydrogens (primary N) is 1. The molecule has 0 atom stereocenters. The van der Waals surface area contributed by atoms with Gasteiger partial charge in [0.1, 0.15) is 5.82 Å². The van der Waals surface area contributed by atoms with Crippen molar-refractivity contribution >= 4 is 33.0 Å². The van der Waals surface area contributed by atoms with E-state index in [1.54, 1.807) is 25.1 Å². The summed E-state index contributed by atoms with van der Waals surface area (Å²) in [4.78, 5) is -0.113. The van der Waals surface area contributed by atoms with E-state index in [4.69, 9.17) is 17.3 Å². The predicted octanol–water partition coefficient (Wildman–Crippen LogP) is 3.17. The first-order valence-electron chi connectivity index (χ1n) is 5.63. The third-order valence-corrected chi connectivity index (χ3v) is 4.39. The summed E-state index contributed by atoms with van der Waals surface area (Å²) in [6, 6.07) is 7.97. The topological polar surface area (TPSA) is 72.2 Å². The maximum atomic E-state index is 13.1. The molecular formula is C13H12ClFN2O2S. The number of nitrogens with one attached hydrogen (secondary N) is 1. The average molecular weight is 315 g/mol. The van der Waals surface area contributed by atoms with Crippen molar-refractivity contribution in [1.29, 1.82) is 0 Å². The van der Waals surface area contributed by atoms with Gasteiger partial charge in [0.2, 0.25) is 0 Å². The zero-order valence-corrected chi connectivity index (χ0v) is 12.1. The molecule has 3 N–H and O–H groups in total. The summed E-state index contributed by atoms with van der Waals surface area (Å²) in [7, 11) is -3.82. The van der Waals surface area contributed by atoms with Crippen LogP contribution in [0.25, 0.3) is 0 Å². The van der Waals surface area contributed by atoms with E-state index < -0.39 is 15.8 Å². The largest absolute Gasteiger partial charge is 0.399 e. The number of anilines is 2. The Morgan fingerprint density at radius 2 is 1.90 bits per heavy atom. The summed E-state index contributed by atoms with van der Waals surface area (Å²) in [5, 5.41) is -0.249. The Hall–Kier alpha value is -1.79. The fraction of sp³-hybridized carbons (Fsp3) is 0.0769. The Kier molecular flexibility index (Phi) is 3.87. The molecule has 2 aromatic carbocycles. The van der Waals surface area contributed by atoms with Crippen LogP contribution >= 0.6 is 11.6 Å². The van der Waals surface area contributed by atoms with Crippen molar-refractivity contribution < 1.29 is 12.8 Å². The highest BCUT2D eigenvalue weighted by molar-refractivity contribution is 7.92. The minimum absolute atomic E-state index is 0.113. The maximum Gasteiger partial charge on any atom is 0.261 e. The second-order valence-electron chi connectivity index (χ2n) is 4.25. The van der Waals surface area contributed by atoms with Crippen molar-refractivity contribution in [2.45, 2.75) is 11.8 Å². The van der Waals surface area contributed by atoms with Gasteiger partial charge in [-0.2, -0.15) is 0 Å². The van der Waals surface area contributed by atoms with E-state index in [0.717, 1.165) is 23.8 Å². The Balaban J connectivity index is 2.35. The Morgan fingerprint density at radius 3 is 2.50 bits per heavy atom. The van der Waals surface area contributed by atoms with Crippen LogP contribution in [-0.2, 0) is 10.0 Å². The molecule has 2 rings (SSSR count). The Labute approximate surface area is 121 Å². The van der Waals surface area contributed by atoms with E-state index in [1.807, 2.05) is 0 Å². The van der Waals surface area contributed by atoms with E-state index in [1.165, 1.54) is 0 Å². The lowest BCUT2D eigenvalue weighted by atomic mass is 10.2. The average Bonchev–Trinajstić information content (AvgIpc) is 2.37. The number of hydrogen-bond donors (Lipinski definition) is 2. The first-order chi connectivity index (χ1) is 9.29. The van der Waals surface area contributed by atoms with Gasteiger partial charge in [-0.3, -0.25) is 4.72 Å². The van der Waals surface area contributed by atoms with Crippen molar-refractivity contribution in [3.63, 3.8) is 0 Å². The molecule has 0 aromatic heterocycles. The number of aryl methyl sites for hydroxylation is 1. The van der Waals surface area contributed by atoms with Crippen LogP contribution in [0, 0.1) is 12.7 Å². The highest BCUT2D eigenvalue weighted by Gasteiger charge is 2.16. The molecule has 20 heavy (non-hydrogen) atoms. The SMILES string of the molecule is Cc1cc(NS(=O)(=O)c2ccc(F)c(Cl)c2)ccc1N. The minimum Gasteiger partial charge on any atom is -0.399 e. The van der Waals surface area contributed by atoms with Gasteiger partial charge in [0, 0.05) is 11.4 Å². The predicted molar refractivity (Wildman–Crippen MR) is 77.8 cm³/mol. The normalized spacial score (nSPS) is 11.3. The van der Waals surface area contributed by atoms with Crippen LogP contribution in [0.4, 0.5) is 15.8 Å². The Bertz CT molecular complexity index is 763. The summed E-state index contributed by atoms with van der Waals surface area (Å²) in [6.07, 6.45) is 0. The summed E-state index contributed by atoms with van der Waals surface area (Å²) in [6.45, 7) is 1.77. The zero-order valence-electron chi connectivity index (χ0n) is 10.5. The van der Waals surface area contributed by atoms with Crippen LogP contribution in [0.15, 0.2) is 41.3 Å². The second-order valence-corrected chi connectivity index (χ2v) is 6.34. The molecule has 0 aliphatic heterocycles. The molecule has 0 heterocycles. The quantitative estimate of drug-likeness (QED) is 0.855. The van der Waals surface area contributed by atoms with Gasteiger partial charge in [-0.15, -0.1) is 0 Å². The van der Waals surface area contributed by atoms with Crippen LogP contribution in [0.1, 0.15) is 5.56 Å². The fourth-order valence-electron chi connectivity index (χ4n) is 1.60. The van der Waals surface area contributed by atoms with E-state index >= 15 is 0 Å². The third kappa shape index (κ3) is 3.02. The number of hydrogen-bond acceptors (Lipinski definition) is 3. The maximum absolute atomic E-state index is 13.1. The number of benzene rings is 2.